The number of nitrogens with zero attached hydrogens (tertiary/aromatic N) is 4. The van der Waals surface area contributed by atoms with Crippen molar-refractivity contribution in [3.8, 4) is 0 Å². The smallest absolute Gasteiger partial charge is 0.352 e. The van der Waals surface area contributed by atoms with E-state index in [1.54, 1.807) is 19.1 Å². The molecule has 0 radical (unpaired) electrons. The molecule has 0 aliphatic heterocycles. The first kappa shape index (κ1) is 36.2. The predicted molar refractivity (Wildman–Crippen MR) is 157 cm³/mol. The minimum Gasteiger partial charge on any atom is -0.364 e. The first-order valence-corrected chi connectivity index (χ1v) is 13.9. The number of aryl methyl sites for hydroxylation is 1. The Hall–Kier alpha value is -4.03. The Labute approximate surface area is 254 Å². The van der Waals surface area contributed by atoms with Crippen molar-refractivity contribution in [1.82, 2.24) is 25.1 Å². The van der Waals surface area contributed by atoms with Crippen molar-refractivity contribution in [3.63, 3.8) is 0 Å². The van der Waals surface area contributed by atoms with Crippen molar-refractivity contribution in [2.75, 3.05) is 32.0 Å². The van der Waals surface area contributed by atoms with Gasteiger partial charge >= 0.3 is 12.2 Å². The SMILES string of the molecule is CC.Cc1nc(C(N)=O)c(Nc2cccc(CCNC(=O)CN(C)C(=O)/C=C/CN(C(O)(O)O)C(O)(O)O)c2)nc1C1CC1. The summed E-state index contributed by atoms with van der Waals surface area (Å²) in [5.74, 6) is -1.26. The van der Waals surface area contributed by atoms with Crippen LogP contribution >= 0.6 is 0 Å². The summed E-state index contributed by atoms with van der Waals surface area (Å²) in [6.07, 6.45) is -3.35. The summed E-state index contributed by atoms with van der Waals surface area (Å²) in [4.78, 5) is 46.1. The Kier molecular flexibility index (Phi) is 12.8. The minimum atomic E-state index is -3.80. The number of benzene rings is 1. The van der Waals surface area contributed by atoms with Gasteiger partial charge in [0.25, 0.3) is 5.91 Å². The number of anilines is 2. The lowest BCUT2D eigenvalue weighted by Crippen LogP contribution is -2.61. The Morgan fingerprint density at radius 1 is 1.07 bits per heavy atom. The van der Waals surface area contributed by atoms with Crippen LogP contribution in [0.15, 0.2) is 36.4 Å². The second-order valence-corrected chi connectivity index (χ2v) is 9.86. The van der Waals surface area contributed by atoms with E-state index in [0.717, 1.165) is 41.2 Å². The fraction of sp³-hybridized carbons (Fsp3) is 0.464. The summed E-state index contributed by atoms with van der Waals surface area (Å²) in [6, 6.07) is 7.28. The Bertz CT molecular complexity index is 1320. The van der Waals surface area contributed by atoms with Gasteiger partial charge < -0.3 is 51.9 Å². The number of nitrogens with one attached hydrogen (secondary N) is 2. The molecule has 16 heteroatoms. The average molecular weight is 620 g/mol. The minimum absolute atomic E-state index is 0.0482. The molecule has 1 heterocycles. The van der Waals surface area contributed by atoms with Crippen LogP contribution in [0, 0.1) is 6.92 Å². The van der Waals surface area contributed by atoms with Crippen molar-refractivity contribution >= 4 is 29.2 Å². The molecular formula is C28H41N7O9. The highest BCUT2D eigenvalue weighted by Gasteiger charge is 2.43. The van der Waals surface area contributed by atoms with Crippen LogP contribution in [0.1, 0.15) is 60.0 Å². The van der Waals surface area contributed by atoms with Crippen molar-refractivity contribution in [2.24, 2.45) is 5.73 Å². The lowest BCUT2D eigenvalue weighted by molar-refractivity contribution is -0.507. The van der Waals surface area contributed by atoms with Gasteiger partial charge in [-0.05, 0) is 43.9 Å². The van der Waals surface area contributed by atoms with E-state index in [0.29, 0.717) is 23.7 Å². The zero-order valence-corrected chi connectivity index (χ0v) is 25.1. The van der Waals surface area contributed by atoms with E-state index in [4.69, 9.17) is 36.4 Å². The third kappa shape index (κ3) is 10.9. The monoisotopic (exact) mass is 619 g/mol. The van der Waals surface area contributed by atoms with Gasteiger partial charge in [0.05, 0.1) is 17.9 Å². The molecule has 3 rings (SSSR count). The third-order valence-electron chi connectivity index (χ3n) is 6.26. The van der Waals surface area contributed by atoms with Crippen LogP contribution in [0.5, 0.6) is 0 Å². The number of amides is 3. The van der Waals surface area contributed by atoms with E-state index in [1.807, 2.05) is 26.0 Å². The van der Waals surface area contributed by atoms with Crippen LogP contribution in [0.2, 0.25) is 0 Å². The molecule has 1 aliphatic carbocycles. The number of likely N-dealkylation sites (N-methyl/N-ethyl adjacent to an activating group) is 1. The van der Waals surface area contributed by atoms with Crippen molar-refractivity contribution in [2.45, 2.75) is 58.1 Å². The fourth-order valence-electron chi connectivity index (χ4n) is 4.00. The van der Waals surface area contributed by atoms with Crippen LogP contribution in [0.4, 0.5) is 11.5 Å². The number of hydrogen-bond acceptors (Lipinski definition) is 13. The number of nitrogens with two attached hydrogens (primary N) is 1. The first-order valence-electron chi connectivity index (χ1n) is 13.9. The molecule has 1 aromatic heterocycles. The summed E-state index contributed by atoms with van der Waals surface area (Å²) in [6.45, 7) is 4.86. The molecule has 0 spiro atoms. The molecule has 16 nitrogen and oxygen atoms in total. The molecular weight excluding hydrogens is 578 g/mol. The van der Waals surface area contributed by atoms with Crippen molar-refractivity contribution in [3.05, 3.63) is 59.1 Å². The van der Waals surface area contributed by atoms with Crippen LogP contribution in [-0.2, 0) is 16.0 Å². The summed E-state index contributed by atoms with van der Waals surface area (Å²) < 4.78 is 0. The Balaban J connectivity index is 0.00000330. The predicted octanol–water partition coefficient (Wildman–Crippen LogP) is -1.32. The number of aromatic nitrogens is 2. The van der Waals surface area contributed by atoms with Gasteiger partial charge in [0.15, 0.2) is 11.5 Å². The molecule has 2 aromatic rings. The zero-order valence-electron chi connectivity index (χ0n) is 25.1. The van der Waals surface area contributed by atoms with E-state index in [2.05, 4.69) is 20.6 Å². The quantitative estimate of drug-likeness (QED) is 0.0880. The van der Waals surface area contributed by atoms with Gasteiger partial charge in [-0.25, -0.2) is 9.97 Å². The molecule has 0 saturated heterocycles. The van der Waals surface area contributed by atoms with E-state index in [9.17, 15) is 14.4 Å². The van der Waals surface area contributed by atoms with Gasteiger partial charge in [0.1, 0.15) is 0 Å². The van der Waals surface area contributed by atoms with Gasteiger partial charge in [0, 0.05) is 37.8 Å². The second kappa shape index (κ2) is 15.6. The average Bonchev–Trinajstić information content (AvgIpc) is 3.77. The standard InChI is InChI=1S/C26H35N7O9.C2H6/c1-15-21(17-8-9-17)31-24(22(29-15)23(27)36)30-18-6-3-5-16(13-18)10-11-28-19(34)14-32(2)20(35)7-4-12-33(25(37,38)39)26(40,41)42;1-2/h3-7,13,17,37-42H,8-12,14H2,1-2H3,(H2,27,36)(H,28,34)(H,30,31);1-2H3/b7-4+;. The summed E-state index contributed by atoms with van der Waals surface area (Å²) in [7, 11) is 1.32. The van der Waals surface area contributed by atoms with Crippen LogP contribution in [0.25, 0.3) is 0 Å². The number of carbonyl (C=O) groups excluding carboxylic acids is 3. The number of hydrogen-bond donors (Lipinski definition) is 9. The van der Waals surface area contributed by atoms with E-state index < -0.39 is 36.5 Å². The highest BCUT2D eigenvalue weighted by Crippen LogP contribution is 2.41. The largest absolute Gasteiger partial charge is 0.364 e. The van der Waals surface area contributed by atoms with E-state index in [-0.39, 0.29) is 29.5 Å². The molecule has 1 saturated carbocycles. The molecule has 10 N–H and O–H groups in total. The number of aliphatic hydroxyl groups is 6. The molecule has 44 heavy (non-hydrogen) atoms. The molecule has 0 unspecified atom stereocenters. The van der Waals surface area contributed by atoms with Crippen molar-refractivity contribution < 1.29 is 45.0 Å². The maximum Gasteiger partial charge on any atom is 0.352 e. The lowest BCUT2D eigenvalue weighted by atomic mass is 10.1. The summed E-state index contributed by atoms with van der Waals surface area (Å²) in [5.41, 5.74) is 8.60. The fourth-order valence-corrected chi connectivity index (χ4v) is 4.00. The Morgan fingerprint density at radius 3 is 2.27 bits per heavy atom. The van der Waals surface area contributed by atoms with Gasteiger partial charge in [0.2, 0.25) is 11.8 Å². The zero-order chi connectivity index (χ0) is 33.2. The summed E-state index contributed by atoms with van der Waals surface area (Å²) in [5, 5.41) is 60.2. The molecule has 0 bridgehead atoms. The maximum absolute atomic E-state index is 12.3. The second-order valence-electron chi connectivity index (χ2n) is 9.86. The van der Waals surface area contributed by atoms with Crippen LogP contribution < -0.4 is 16.4 Å². The van der Waals surface area contributed by atoms with Gasteiger partial charge in [-0.3, -0.25) is 14.4 Å². The lowest BCUT2D eigenvalue weighted by Gasteiger charge is -2.34. The Morgan fingerprint density at radius 2 is 1.70 bits per heavy atom. The number of rotatable bonds is 14. The van der Waals surface area contributed by atoms with Gasteiger partial charge in [-0.15, -0.1) is 4.90 Å². The van der Waals surface area contributed by atoms with Crippen LogP contribution in [0.3, 0.4) is 0 Å². The number of primary amides is 1. The van der Waals surface area contributed by atoms with Gasteiger partial charge in [-0.2, -0.15) is 0 Å². The molecule has 242 valence electrons. The first-order chi connectivity index (χ1) is 20.6. The normalized spacial score (nSPS) is 13.3. The number of carbonyl (C=O) groups is 3. The van der Waals surface area contributed by atoms with Crippen LogP contribution in [-0.4, -0.2) is 107 Å². The topological polar surface area (TPSA) is 255 Å². The highest BCUT2D eigenvalue weighted by molar-refractivity contribution is 5.96. The molecule has 1 aliphatic rings. The summed E-state index contributed by atoms with van der Waals surface area (Å²) >= 11 is 0. The maximum atomic E-state index is 12.3. The van der Waals surface area contributed by atoms with Gasteiger partial charge in [-0.1, -0.05) is 32.1 Å². The third-order valence-corrected chi connectivity index (χ3v) is 6.26. The van der Waals surface area contributed by atoms with Crippen molar-refractivity contribution in [1.29, 1.82) is 0 Å². The van der Waals surface area contributed by atoms with E-state index in [1.165, 1.54) is 7.05 Å². The molecule has 1 aromatic carbocycles. The highest BCUT2D eigenvalue weighted by atomic mass is 16.8. The molecule has 1 fully saturated rings. The molecule has 3 amide bonds. The molecule has 0 atom stereocenters. The van der Waals surface area contributed by atoms with E-state index >= 15 is 0 Å².